The topological polar surface area (TPSA) is 75.6 Å². The highest BCUT2D eigenvalue weighted by Crippen LogP contribution is 2.15. The summed E-state index contributed by atoms with van der Waals surface area (Å²) in [6.45, 7) is 3.55. The molecule has 1 aromatic rings. The van der Waals surface area contributed by atoms with Gasteiger partial charge < -0.3 is 15.2 Å². The molecular weight excluding hydrogens is 282 g/mol. The van der Waals surface area contributed by atoms with Gasteiger partial charge in [0.2, 0.25) is 0 Å². The van der Waals surface area contributed by atoms with Crippen LogP contribution in [-0.4, -0.2) is 29.6 Å². The van der Waals surface area contributed by atoms with Crippen LogP contribution in [0.1, 0.15) is 20.3 Å². The Morgan fingerprint density at radius 2 is 1.90 bits per heavy atom. The molecule has 20 heavy (non-hydrogen) atoms. The van der Waals surface area contributed by atoms with E-state index >= 15 is 0 Å². The molecule has 1 rings (SSSR count). The average molecular weight is 300 g/mol. The first-order chi connectivity index (χ1) is 9.38. The molecule has 0 aromatic heterocycles. The SMILES string of the molecule is CC(C)C(CC(=O)O)NC(=O)COc1ccc(Cl)cc1. The van der Waals surface area contributed by atoms with Gasteiger partial charge in [0.15, 0.2) is 6.61 Å². The summed E-state index contributed by atoms with van der Waals surface area (Å²) in [6, 6.07) is 6.24. The lowest BCUT2D eigenvalue weighted by Gasteiger charge is -2.20. The third-order valence-corrected chi connectivity index (χ3v) is 2.98. The molecule has 0 bridgehead atoms. The Kier molecular flexibility index (Phi) is 6.31. The minimum Gasteiger partial charge on any atom is -0.484 e. The zero-order chi connectivity index (χ0) is 15.1. The summed E-state index contributed by atoms with van der Waals surface area (Å²) in [5, 5.41) is 12.0. The maximum Gasteiger partial charge on any atom is 0.305 e. The molecule has 0 aliphatic rings. The normalized spacial score (nSPS) is 12.0. The number of nitrogens with one attached hydrogen (secondary N) is 1. The summed E-state index contributed by atoms with van der Waals surface area (Å²) in [5.41, 5.74) is 0. The fraction of sp³-hybridized carbons (Fsp3) is 0.429. The summed E-state index contributed by atoms with van der Waals surface area (Å²) in [6.07, 6.45) is -0.107. The first-order valence-corrected chi connectivity index (χ1v) is 6.66. The quantitative estimate of drug-likeness (QED) is 0.810. The van der Waals surface area contributed by atoms with Crippen LogP contribution in [-0.2, 0) is 9.59 Å². The third kappa shape index (κ3) is 5.93. The molecule has 0 saturated heterocycles. The molecule has 0 aliphatic carbocycles. The van der Waals surface area contributed by atoms with Crippen LogP contribution in [0.3, 0.4) is 0 Å². The van der Waals surface area contributed by atoms with Crippen LogP contribution in [0.25, 0.3) is 0 Å². The average Bonchev–Trinajstić information content (AvgIpc) is 2.36. The second-order valence-electron chi connectivity index (χ2n) is 4.76. The molecule has 1 amide bonds. The first kappa shape index (κ1) is 16.3. The zero-order valence-electron chi connectivity index (χ0n) is 11.4. The third-order valence-electron chi connectivity index (χ3n) is 2.73. The van der Waals surface area contributed by atoms with Gasteiger partial charge in [-0.25, -0.2) is 0 Å². The number of carboxylic acid groups (broad SMARTS) is 1. The molecular formula is C14H18ClNO4. The number of hydrogen-bond acceptors (Lipinski definition) is 3. The molecule has 1 atom stereocenters. The Hall–Kier alpha value is -1.75. The number of rotatable bonds is 7. The molecule has 5 nitrogen and oxygen atoms in total. The second kappa shape index (κ2) is 7.75. The van der Waals surface area contributed by atoms with Crippen LogP contribution in [0, 0.1) is 5.92 Å². The summed E-state index contributed by atoms with van der Waals surface area (Å²) < 4.78 is 5.29. The van der Waals surface area contributed by atoms with E-state index in [1.165, 1.54) is 0 Å². The van der Waals surface area contributed by atoms with Gasteiger partial charge in [0, 0.05) is 11.1 Å². The Balaban J connectivity index is 2.45. The molecule has 1 aromatic carbocycles. The lowest BCUT2D eigenvalue weighted by Crippen LogP contribution is -2.42. The Labute approximate surface area is 122 Å². The molecule has 0 saturated carbocycles. The summed E-state index contributed by atoms with van der Waals surface area (Å²) in [5.74, 6) is -0.725. The lowest BCUT2D eigenvalue weighted by molar-refractivity contribution is -0.138. The predicted molar refractivity (Wildman–Crippen MR) is 76.0 cm³/mol. The van der Waals surface area contributed by atoms with Gasteiger partial charge in [0.25, 0.3) is 5.91 Å². The Bertz CT molecular complexity index is 459. The molecule has 1 unspecified atom stereocenters. The van der Waals surface area contributed by atoms with E-state index in [1.807, 2.05) is 13.8 Å². The van der Waals surface area contributed by atoms with E-state index in [9.17, 15) is 9.59 Å². The van der Waals surface area contributed by atoms with Gasteiger partial charge in [-0.3, -0.25) is 9.59 Å². The summed E-state index contributed by atoms with van der Waals surface area (Å²) in [7, 11) is 0. The molecule has 0 radical (unpaired) electrons. The molecule has 110 valence electrons. The van der Waals surface area contributed by atoms with Crippen molar-refractivity contribution >= 4 is 23.5 Å². The van der Waals surface area contributed by atoms with Crippen LogP contribution in [0.2, 0.25) is 5.02 Å². The van der Waals surface area contributed by atoms with Crippen LogP contribution in [0.15, 0.2) is 24.3 Å². The zero-order valence-corrected chi connectivity index (χ0v) is 12.2. The number of aliphatic carboxylic acids is 1. The smallest absolute Gasteiger partial charge is 0.305 e. The molecule has 0 aliphatic heterocycles. The number of benzene rings is 1. The number of carbonyl (C=O) groups is 2. The van der Waals surface area contributed by atoms with E-state index in [4.69, 9.17) is 21.4 Å². The van der Waals surface area contributed by atoms with Crippen LogP contribution >= 0.6 is 11.6 Å². The number of amides is 1. The van der Waals surface area contributed by atoms with Gasteiger partial charge in [0.1, 0.15) is 5.75 Å². The molecule has 6 heteroatoms. The van der Waals surface area contributed by atoms with Crippen LogP contribution in [0.4, 0.5) is 0 Å². The van der Waals surface area contributed by atoms with Crippen molar-refractivity contribution in [3.05, 3.63) is 29.3 Å². The van der Waals surface area contributed by atoms with Crippen molar-refractivity contribution in [1.82, 2.24) is 5.32 Å². The van der Waals surface area contributed by atoms with Gasteiger partial charge in [-0.05, 0) is 30.2 Å². The minimum absolute atomic E-state index is 0.0329. The highest BCUT2D eigenvalue weighted by molar-refractivity contribution is 6.30. The molecule has 0 fully saturated rings. The van der Waals surface area contributed by atoms with Crippen LogP contribution < -0.4 is 10.1 Å². The molecule has 0 spiro atoms. The predicted octanol–water partition coefficient (Wildman–Crippen LogP) is 2.33. The van der Waals surface area contributed by atoms with E-state index in [2.05, 4.69) is 5.32 Å². The summed E-state index contributed by atoms with van der Waals surface area (Å²) in [4.78, 5) is 22.4. The molecule has 2 N–H and O–H groups in total. The lowest BCUT2D eigenvalue weighted by atomic mass is 10.0. The van der Waals surface area contributed by atoms with Crippen molar-refractivity contribution in [2.24, 2.45) is 5.92 Å². The van der Waals surface area contributed by atoms with E-state index in [0.717, 1.165) is 0 Å². The number of ether oxygens (including phenoxy) is 1. The van der Waals surface area contributed by atoms with Crippen LogP contribution in [0.5, 0.6) is 5.75 Å². The van der Waals surface area contributed by atoms with Crippen molar-refractivity contribution in [3.63, 3.8) is 0 Å². The van der Waals surface area contributed by atoms with Gasteiger partial charge >= 0.3 is 5.97 Å². The van der Waals surface area contributed by atoms with Gasteiger partial charge in [0.05, 0.1) is 6.42 Å². The van der Waals surface area contributed by atoms with Crippen molar-refractivity contribution in [2.45, 2.75) is 26.3 Å². The monoisotopic (exact) mass is 299 g/mol. The maximum absolute atomic E-state index is 11.7. The minimum atomic E-state index is -0.942. The summed E-state index contributed by atoms with van der Waals surface area (Å²) >= 11 is 5.74. The first-order valence-electron chi connectivity index (χ1n) is 6.28. The number of carboxylic acids is 1. The number of hydrogen-bond donors (Lipinski definition) is 2. The number of carbonyl (C=O) groups excluding carboxylic acids is 1. The molecule has 0 heterocycles. The standard InChI is InChI=1S/C14H18ClNO4/c1-9(2)12(7-14(18)19)16-13(17)8-20-11-5-3-10(15)4-6-11/h3-6,9,12H,7-8H2,1-2H3,(H,16,17)(H,18,19). The van der Waals surface area contributed by atoms with Gasteiger partial charge in [-0.2, -0.15) is 0 Å². The largest absolute Gasteiger partial charge is 0.484 e. The van der Waals surface area contributed by atoms with Crippen molar-refractivity contribution < 1.29 is 19.4 Å². The fourth-order valence-electron chi connectivity index (χ4n) is 1.57. The highest BCUT2D eigenvalue weighted by Gasteiger charge is 2.19. The Morgan fingerprint density at radius 1 is 1.30 bits per heavy atom. The van der Waals surface area contributed by atoms with E-state index in [1.54, 1.807) is 24.3 Å². The van der Waals surface area contributed by atoms with Gasteiger partial charge in [-0.15, -0.1) is 0 Å². The van der Waals surface area contributed by atoms with E-state index in [0.29, 0.717) is 10.8 Å². The highest BCUT2D eigenvalue weighted by atomic mass is 35.5. The second-order valence-corrected chi connectivity index (χ2v) is 5.19. The maximum atomic E-state index is 11.7. The van der Waals surface area contributed by atoms with E-state index < -0.39 is 12.0 Å². The van der Waals surface area contributed by atoms with E-state index in [-0.39, 0.29) is 24.9 Å². The van der Waals surface area contributed by atoms with Gasteiger partial charge in [-0.1, -0.05) is 25.4 Å². The Morgan fingerprint density at radius 3 is 2.40 bits per heavy atom. The number of halogens is 1. The van der Waals surface area contributed by atoms with Crippen molar-refractivity contribution in [1.29, 1.82) is 0 Å². The fourth-order valence-corrected chi connectivity index (χ4v) is 1.70. The van der Waals surface area contributed by atoms with Crippen molar-refractivity contribution in [2.75, 3.05) is 6.61 Å². The van der Waals surface area contributed by atoms with Crippen molar-refractivity contribution in [3.8, 4) is 5.75 Å².